The van der Waals surface area contributed by atoms with E-state index in [0.29, 0.717) is 0 Å². The molecule has 0 radical (unpaired) electrons. The lowest BCUT2D eigenvalue weighted by Crippen LogP contribution is -2.14. The van der Waals surface area contributed by atoms with E-state index in [1.165, 1.54) is 0 Å². The van der Waals surface area contributed by atoms with Gasteiger partial charge in [0.15, 0.2) is 0 Å². The summed E-state index contributed by atoms with van der Waals surface area (Å²) >= 11 is 0. The van der Waals surface area contributed by atoms with Crippen LogP contribution < -0.4 is 10.5 Å². The number of methoxy groups -OCH3 is 1. The molecule has 1 unspecified atom stereocenters. The molecule has 2 rings (SSSR count). The molecule has 0 saturated heterocycles. The molecule has 0 aliphatic carbocycles. The molecule has 1 heterocycles. The van der Waals surface area contributed by atoms with Crippen LogP contribution in [0.4, 0.5) is 0 Å². The van der Waals surface area contributed by atoms with Crippen molar-refractivity contribution in [1.29, 1.82) is 0 Å². The number of fused-ring (bicyclic) bond motifs is 1. The topological polar surface area (TPSA) is 53.1 Å². The van der Waals surface area contributed by atoms with Crippen molar-refractivity contribution in [3.8, 4) is 5.75 Å². The highest BCUT2D eigenvalue weighted by Gasteiger charge is 2.08. The van der Waals surface area contributed by atoms with Gasteiger partial charge in [0, 0.05) is 25.6 Å². The van der Waals surface area contributed by atoms with Crippen LogP contribution in [0.2, 0.25) is 0 Å². The summed E-state index contributed by atoms with van der Waals surface area (Å²) in [5.74, 6) is 1.96. The molecule has 0 aliphatic heterocycles. The molecule has 1 aromatic carbocycles. The molecule has 0 amide bonds. The second-order valence-electron chi connectivity index (χ2n) is 4.81. The Kier molecular flexibility index (Phi) is 3.87. The van der Waals surface area contributed by atoms with E-state index >= 15 is 0 Å². The summed E-state index contributed by atoms with van der Waals surface area (Å²) in [6, 6.07) is 6.26. The first-order valence-corrected chi connectivity index (χ1v) is 6.36. The Morgan fingerprint density at radius 3 is 2.89 bits per heavy atom. The summed E-state index contributed by atoms with van der Waals surface area (Å²) in [5, 5.41) is 0. The number of imidazole rings is 1. The van der Waals surface area contributed by atoms with Gasteiger partial charge in [-0.3, -0.25) is 0 Å². The molecular weight excluding hydrogens is 226 g/mol. The first-order chi connectivity index (χ1) is 8.61. The van der Waals surface area contributed by atoms with Crippen LogP contribution in [0, 0.1) is 0 Å². The van der Waals surface area contributed by atoms with E-state index < -0.39 is 0 Å². The Balaban J connectivity index is 2.21. The Morgan fingerprint density at radius 2 is 2.22 bits per heavy atom. The maximum atomic E-state index is 5.76. The molecule has 4 heteroatoms. The van der Waals surface area contributed by atoms with Gasteiger partial charge in [-0.15, -0.1) is 0 Å². The van der Waals surface area contributed by atoms with E-state index in [0.717, 1.165) is 41.9 Å². The first-order valence-electron chi connectivity index (χ1n) is 6.36. The van der Waals surface area contributed by atoms with Crippen molar-refractivity contribution in [2.45, 2.75) is 32.2 Å². The van der Waals surface area contributed by atoms with Gasteiger partial charge < -0.3 is 15.0 Å². The quantitative estimate of drug-likeness (QED) is 0.881. The minimum Gasteiger partial charge on any atom is -0.497 e. The second kappa shape index (κ2) is 5.40. The second-order valence-corrected chi connectivity index (χ2v) is 4.81. The van der Waals surface area contributed by atoms with E-state index in [1.807, 2.05) is 19.1 Å². The maximum absolute atomic E-state index is 5.76. The fourth-order valence-corrected chi connectivity index (χ4v) is 2.16. The number of aromatic nitrogens is 2. The van der Waals surface area contributed by atoms with Crippen molar-refractivity contribution in [3.05, 3.63) is 24.0 Å². The lowest BCUT2D eigenvalue weighted by Gasteiger charge is -2.05. The van der Waals surface area contributed by atoms with E-state index in [2.05, 4.69) is 22.7 Å². The standard InChI is InChI=1S/C14H21N3O/c1-10(15)5-4-6-14-16-12-9-11(18-3)7-8-13(12)17(14)2/h7-10H,4-6,15H2,1-3H3. The van der Waals surface area contributed by atoms with E-state index in [9.17, 15) is 0 Å². The summed E-state index contributed by atoms with van der Waals surface area (Å²) in [5.41, 5.74) is 7.90. The third kappa shape index (κ3) is 2.64. The molecular formula is C14H21N3O. The smallest absolute Gasteiger partial charge is 0.121 e. The summed E-state index contributed by atoms with van der Waals surface area (Å²) in [6.45, 7) is 2.04. The molecule has 0 aliphatic rings. The molecule has 18 heavy (non-hydrogen) atoms. The van der Waals surface area contributed by atoms with E-state index in [1.54, 1.807) is 7.11 Å². The van der Waals surface area contributed by atoms with Gasteiger partial charge in [0.2, 0.25) is 0 Å². The predicted molar refractivity (Wildman–Crippen MR) is 73.9 cm³/mol. The van der Waals surface area contributed by atoms with Crippen LogP contribution in [0.1, 0.15) is 25.6 Å². The zero-order valence-corrected chi connectivity index (χ0v) is 11.3. The Morgan fingerprint density at radius 1 is 1.44 bits per heavy atom. The molecule has 4 nitrogen and oxygen atoms in total. The SMILES string of the molecule is COc1ccc2c(c1)nc(CCCC(C)N)n2C. The molecule has 1 atom stereocenters. The van der Waals surface area contributed by atoms with Crippen LogP contribution in [0.25, 0.3) is 11.0 Å². The number of hydrogen-bond donors (Lipinski definition) is 1. The number of hydrogen-bond acceptors (Lipinski definition) is 3. The van der Waals surface area contributed by atoms with Crippen LogP contribution >= 0.6 is 0 Å². The number of ether oxygens (including phenoxy) is 1. The maximum Gasteiger partial charge on any atom is 0.121 e. The Labute approximate surface area is 108 Å². The van der Waals surface area contributed by atoms with E-state index in [-0.39, 0.29) is 6.04 Å². The number of aryl methyl sites for hydroxylation is 2. The van der Waals surface area contributed by atoms with Gasteiger partial charge in [0.25, 0.3) is 0 Å². The average molecular weight is 247 g/mol. The number of rotatable bonds is 5. The van der Waals surface area contributed by atoms with E-state index in [4.69, 9.17) is 10.5 Å². The largest absolute Gasteiger partial charge is 0.497 e. The van der Waals surface area contributed by atoms with Crippen LogP contribution in [-0.2, 0) is 13.5 Å². The highest BCUT2D eigenvalue weighted by Crippen LogP contribution is 2.21. The molecule has 0 bridgehead atoms. The van der Waals surface area contributed by atoms with Gasteiger partial charge in [-0.25, -0.2) is 4.98 Å². The predicted octanol–water partition coefficient (Wildman–Crippen LogP) is 2.25. The summed E-state index contributed by atoms with van der Waals surface area (Å²) in [4.78, 5) is 4.66. The molecule has 0 spiro atoms. The minimum absolute atomic E-state index is 0.264. The molecule has 0 fully saturated rings. The van der Waals surface area contributed by atoms with Crippen LogP contribution in [0.15, 0.2) is 18.2 Å². The molecule has 2 N–H and O–H groups in total. The van der Waals surface area contributed by atoms with Crippen molar-refractivity contribution in [1.82, 2.24) is 9.55 Å². The normalized spacial score (nSPS) is 12.9. The van der Waals surface area contributed by atoms with Crippen molar-refractivity contribution in [2.75, 3.05) is 7.11 Å². The zero-order valence-electron chi connectivity index (χ0n) is 11.3. The highest BCUT2D eigenvalue weighted by molar-refractivity contribution is 5.77. The van der Waals surface area contributed by atoms with Crippen LogP contribution in [0.5, 0.6) is 5.75 Å². The van der Waals surface area contributed by atoms with Gasteiger partial charge >= 0.3 is 0 Å². The van der Waals surface area contributed by atoms with Gasteiger partial charge in [0.05, 0.1) is 18.1 Å². The minimum atomic E-state index is 0.264. The van der Waals surface area contributed by atoms with Gasteiger partial charge in [-0.05, 0) is 31.9 Å². The number of benzene rings is 1. The van der Waals surface area contributed by atoms with Crippen molar-refractivity contribution in [2.24, 2.45) is 12.8 Å². The lowest BCUT2D eigenvalue weighted by molar-refractivity contribution is 0.415. The fraction of sp³-hybridized carbons (Fsp3) is 0.500. The molecule has 1 aromatic heterocycles. The van der Waals surface area contributed by atoms with Gasteiger partial charge in [0.1, 0.15) is 11.6 Å². The molecule has 0 saturated carbocycles. The van der Waals surface area contributed by atoms with Crippen molar-refractivity contribution in [3.63, 3.8) is 0 Å². The van der Waals surface area contributed by atoms with Crippen LogP contribution in [0.3, 0.4) is 0 Å². The van der Waals surface area contributed by atoms with Gasteiger partial charge in [-0.2, -0.15) is 0 Å². The summed E-state index contributed by atoms with van der Waals surface area (Å²) < 4.78 is 7.37. The molecule has 98 valence electrons. The zero-order chi connectivity index (χ0) is 13.1. The monoisotopic (exact) mass is 247 g/mol. The third-order valence-electron chi connectivity index (χ3n) is 3.24. The highest BCUT2D eigenvalue weighted by atomic mass is 16.5. The Bertz CT molecular complexity index is 531. The number of nitrogens with zero attached hydrogens (tertiary/aromatic N) is 2. The molecule has 2 aromatic rings. The summed E-state index contributed by atoms with van der Waals surface area (Å²) in [6.07, 6.45) is 3.08. The average Bonchev–Trinajstić information content (AvgIpc) is 2.65. The van der Waals surface area contributed by atoms with Crippen molar-refractivity contribution >= 4 is 11.0 Å². The number of nitrogens with two attached hydrogens (primary N) is 1. The lowest BCUT2D eigenvalue weighted by atomic mass is 10.1. The Hall–Kier alpha value is -1.55. The van der Waals surface area contributed by atoms with Gasteiger partial charge in [-0.1, -0.05) is 0 Å². The van der Waals surface area contributed by atoms with Crippen molar-refractivity contribution < 1.29 is 4.74 Å². The summed E-state index contributed by atoms with van der Waals surface area (Å²) in [7, 11) is 3.73. The first kappa shape index (κ1) is 12.9. The van der Waals surface area contributed by atoms with Crippen LogP contribution in [-0.4, -0.2) is 22.7 Å². The third-order valence-corrected chi connectivity index (χ3v) is 3.24. The fourth-order valence-electron chi connectivity index (χ4n) is 2.16.